The van der Waals surface area contributed by atoms with Gasteiger partial charge in [-0.3, -0.25) is 0 Å². The summed E-state index contributed by atoms with van der Waals surface area (Å²) >= 11 is 0. The van der Waals surface area contributed by atoms with E-state index >= 15 is 0 Å². The fourth-order valence-corrected chi connectivity index (χ4v) is 1.64. The fourth-order valence-electron chi connectivity index (χ4n) is 1.64. The van der Waals surface area contributed by atoms with Gasteiger partial charge in [0.2, 0.25) is 5.89 Å². The van der Waals surface area contributed by atoms with Crippen LogP contribution in [0.4, 0.5) is 6.01 Å². The predicted molar refractivity (Wildman–Crippen MR) is 77.5 cm³/mol. The maximum Gasteiger partial charge on any atom is 0.315 e. The van der Waals surface area contributed by atoms with Gasteiger partial charge in [-0.15, -0.1) is 5.10 Å². The summed E-state index contributed by atoms with van der Waals surface area (Å²) < 4.78 is 11.1. The molecule has 1 aromatic heterocycles. The van der Waals surface area contributed by atoms with Gasteiger partial charge in [0.25, 0.3) is 0 Å². The van der Waals surface area contributed by atoms with Gasteiger partial charge in [0.15, 0.2) is 0 Å². The van der Waals surface area contributed by atoms with Crippen molar-refractivity contribution in [3.63, 3.8) is 0 Å². The lowest BCUT2D eigenvalue weighted by Gasteiger charge is -2.18. The molecule has 2 N–H and O–H groups in total. The molecule has 6 heteroatoms. The fraction of sp³-hybridized carbons (Fsp3) is 0.857. The van der Waals surface area contributed by atoms with E-state index in [1.807, 2.05) is 0 Å². The number of hydrogen-bond acceptors (Lipinski definition) is 6. The van der Waals surface area contributed by atoms with Crippen LogP contribution in [-0.2, 0) is 11.3 Å². The van der Waals surface area contributed by atoms with Crippen LogP contribution in [0.5, 0.6) is 0 Å². The molecule has 1 heterocycles. The molecule has 1 aliphatic carbocycles. The van der Waals surface area contributed by atoms with Gasteiger partial charge in [0.05, 0.1) is 6.54 Å². The third-order valence-corrected chi connectivity index (χ3v) is 3.03. The lowest BCUT2D eigenvalue weighted by Crippen LogP contribution is -2.35. The quantitative estimate of drug-likeness (QED) is 0.676. The molecule has 6 nitrogen and oxygen atoms in total. The summed E-state index contributed by atoms with van der Waals surface area (Å²) in [6, 6.07) is 0.484. The SMILES string of the molecule is CC(C)(C)NCc1nnc(NCCCOCC2CC2)o1. The van der Waals surface area contributed by atoms with Gasteiger partial charge in [-0.1, -0.05) is 5.10 Å². The maximum absolute atomic E-state index is 5.56. The van der Waals surface area contributed by atoms with E-state index in [-0.39, 0.29) is 5.54 Å². The molecule has 1 saturated carbocycles. The highest BCUT2D eigenvalue weighted by Crippen LogP contribution is 2.28. The van der Waals surface area contributed by atoms with E-state index in [2.05, 4.69) is 41.6 Å². The minimum atomic E-state index is 0.0426. The molecule has 0 bridgehead atoms. The Hall–Kier alpha value is -1.14. The number of aromatic nitrogens is 2. The first kappa shape index (κ1) is 15.3. The average Bonchev–Trinajstić information content (AvgIpc) is 3.08. The van der Waals surface area contributed by atoms with Crippen LogP contribution >= 0.6 is 0 Å². The zero-order valence-corrected chi connectivity index (χ0v) is 12.7. The summed E-state index contributed by atoms with van der Waals surface area (Å²) in [7, 11) is 0. The molecule has 0 spiro atoms. The van der Waals surface area contributed by atoms with E-state index in [1.165, 1.54) is 12.8 Å². The minimum absolute atomic E-state index is 0.0426. The highest BCUT2D eigenvalue weighted by molar-refractivity contribution is 5.16. The van der Waals surface area contributed by atoms with Crippen LogP contribution in [-0.4, -0.2) is 35.5 Å². The molecule has 1 aromatic rings. The van der Waals surface area contributed by atoms with Crippen LogP contribution in [0.1, 0.15) is 45.9 Å². The summed E-state index contributed by atoms with van der Waals surface area (Å²) in [6.45, 7) is 9.39. The van der Waals surface area contributed by atoms with Crippen LogP contribution in [0.15, 0.2) is 4.42 Å². The molecule has 0 unspecified atom stereocenters. The lowest BCUT2D eigenvalue weighted by molar-refractivity contribution is 0.124. The molecule has 2 rings (SSSR count). The maximum atomic E-state index is 5.56. The molecule has 114 valence electrons. The Morgan fingerprint density at radius 2 is 2.10 bits per heavy atom. The molecule has 0 aliphatic heterocycles. The van der Waals surface area contributed by atoms with Crippen molar-refractivity contribution >= 4 is 6.01 Å². The third-order valence-electron chi connectivity index (χ3n) is 3.03. The first-order valence-corrected chi connectivity index (χ1v) is 7.42. The lowest BCUT2D eigenvalue weighted by atomic mass is 10.1. The highest BCUT2D eigenvalue weighted by atomic mass is 16.5. The molecular weight excluding hydrogens is 256 g/mol. The molecule has 1 aliphatic rings. The van der Waals surface area contributed by atoms with Crippen molar-refractivity contribution in [3.8, 4) is 0 Å². The second-order valence-corrected chi connectivity index (χ2v) is 6.40. The van der Waals surface area contributed by atoms with Gasteiger partial charge in [0, 0.05) is 25.3 Å². The summed E-state index contributed by atoms with van der Waals surface area (Å²) in [6.07, 6.45) is 3.63. The first-order valence-electron chi connectivity index (χ1n) is 7.42. The monoisotopic (exact) mass is 282 g/mol. The second-order valence-electron chi connectivity index (χ2n) is 6.40. The van der Waals surface area contributed by atoms with Crippen molar-refractivity contribution < 1.29 is 9.15 Å². The highest BCUT2D eigenvalue weighted by Gasteiger charge is 2.20. The standard InChI is InChI=1S/C14H26N4O2/c1-14(2,3)16-9-12-17-18-13(20-12)15-7-4-8-19-10-11-5-6-11/h11,16H,4-10H2,1-3H3,(H,15,18). The third kappa shape index (κ3) is 6.34. The minimum Gasteiger partial charge on any atom is -0.407 e. The summed E-state index contributed by atoms with van der Waals surface area (Å²) in [5, 5.41) is 14.4. The van der Waals surface area contributed by atoms with Crippen molar-refractivity contribution in [2.75, 3.05) is 25.1 Å². The summed E-state index contributed by atoms with van der Waals surface area (Å²) in [4.78, 5) is 0. The Morgan fingerprint density at radius 3 is 2.80 bits per heavy atom. The number of nitrogens with zero attached hydrogens (tertiary/aromatic N) is 2. The van der Waals surface area contributed by atoms with Gasteiger partial charge in [-0.05, 0) is 46.0 Å². The Labute approximate surface area is 120 Å². The molecule has 0 radical (unpaired) electrons. The molecular formula is C14H26N4O2. The van der Waals surface area contributed by atoms with E-state index in [0.717, 1.165) is 32.1 Å². The number of rotatable bonds is 9. The molecule has 0 atom stereocenters. The largest absolute Gasteiger partial charge is 0.407 e. The van der Waals surface area contributed by atoms with Crippen molar-refractivity contribution in [3.05, 3.63) is 5.89 Å². The van der Waals surface area contributed by atoms with E-state index in [0.29, 0.717) is 18.5 Å². The van der Waals surface area contributed by atoms with Crippen molar-refractivity contribution in [2.45, 2.75) is 52.1 Å². The van der Waals surface area contributed by atoms with E-state index < -0.39 is 0 Å². The molecule has 0 amide bonds. The van der Waals surface area contributed by atoms with Crippen LogP contribution in [0.25, 0.3) is 0 Å². The van der Waals surface area contributed by atoms with Gasteiger partial charge in [-0.2, -0.15) is 0 Å². The predicted octanol–water partition coefficient (Wildman–Crippen LogP) is 2.19. The van der Waals surface area contributed by atoms with Crippen molar-refractivity contribution in [2.24, 2.45) is 5.92 Å². The Kier molecular flexibility index (Phi) is 5.37. The van der Waals surface area contributed by atoms with E-state index in [4.69, 9.17) is 9.15 Å². The van der Waals surface area contributed by atoms with Crippen molar-refractivity contribution in [1.82, 2.24) is 15.5 Å². The van der Waals surface area contributed by atoms with Gasteiger partial charge in [0.1, 0.15) is 0 Å². The molecule has 0 saturated heterocycles. The Bertz CT molecular complexity index is 396. The molecule has 1 fully saturated rings. The van der Waals surface area contributed by atoms with Crippen LogP contribution in [0.2, 0.25) is 0 Å². The number of ether oxygens (including phenoxy) is 1. The summed E-state index contributed by atoms with van der Waals surface area (Å²) in [5.41, 5.74) is 0.0426. The Morgan fingerprint density at radius 1 is 1.30 bits per heavy atom. The number of hydrogen-bond donors (Lipinski definition) is 2. The normalized spacial score (nSPS) is 15.6. The topological polar surface area (TPSA) is 72.2 Å². The second kappa shape index (κ2) is 7.04. The van der Waals surface area contributed by atoms with E-state index in [9.17, 15) is 0 Å². The smallest absolute Gasteiger partial charge is 0.315 e. The molecule has 0 aromatic carbocycles. The zero-order valence-electron chi connectivity index (χ0n) is 12.7. The van der Waals surface area contributed by atoms with Crippen molar-refractivity contribution in [1.29, 1.82) is 0 Å². The van der Waals surface area contributed by atoms with Gasteiger partial charge >= 0.3 is 6.01 Å². The average molecular weight is 282 g/mol. The molecule has 20 heavy (non-hydrogen) atoms. The number of anilines is 1. The van der Waals surface area contributed by atoms with Gasteiger partial charge < -0.3 is 19.8 Å². The van der Waals surface area contributed by atoms with Crippen LogP contribution in [0.3, 0.4) is 0 Å². The summed E-state index contributed by atoms with van der Waals surface area (Å²) in [5.74, 6) is 1.43. The van der Waals surface area contributed by atoms with Crippen LogP contribution in [0, 0.1) is 5.92 Å². The van der Waals surface area contributed by atoms with E-state index in [1.54, 1.807) is 0 Å². The number of nitrogens with one attached hydrogen (secondary N) is 2. The van der Waals surface area contributed by atoms with Crippen LogP contribution < -0.4 is 10.6 Å². The first-order chi connectivity index (χ1) is 9.53. The Balaban J connectivity index is 1.55. The zero-order chi connectivity index (χ0) is 14.4. The van der Waals surface area contributed by atoms with Gasteiger partial charge in [-0.25, -0.2) is 0 Å².